The number of rotatable bonds is 5. The molecule has 0 aliphatic heterocycles. The molecule has 130 valence electrons. The summed E-state index contributed by atoms with van der Waals surface area (Å²) in [5.41, 5.74) is 0.841. The molecule has 0 saturated carbocycles. The first-order valence-corrected chi connectivity index (χ1v) is 9.76. The highest BCUT2D eigenvalue weighted by Gasteiger charge is 2.20. The van der Waals surface area contributed by atoms with Crippen molar-refractivity contribution in [1.82, 2.24) is 4.98 Å². The van der Waals surface area contributed by atoms with Gasteiger partial charge in [0.1, 0.15) is 19.8 Å². The highest BCUT2D eigenvalue weighted by molar-refractivity contribution is 7.90. The minimum absolute atomic E-state index is 0.136. The molecule has 0 fully saturated rings. The van der Waals surface area contributed by atoms with E-state index in [-0.39, 0.29) is 18.1 Å². The maximum absolute atomic E-state index is 13.4. The molecule has 0 saturated heterocycles. The van der Waals surface area contributed by atoms with Crippen LogP contribution >= 0.6 is 11.3 Å². The van der Waals surface area contributed by atoms with E-state index in [1.165, 1.54) is 24.2 Å². The van der Waals surface area contributed by atoms with Crippen molar-refractivity contribution in [3.05, 3.63) is 35.2 Å². The average Bonchev–Trinajstić information content (AvgIpc) is 2.84. The molecule has 2 aromatic rings. The van der Waals surface area contributed by atoms with Crippen molar-refractivity contribution in [2.45, 2.75) is 13.3 Å². The van der Waals surface area contributed by atoms with Gasteiger partial charge in [-0.1, -0.05) is 11.3 Å². The second kappa shape index (κ2) is 6.81. The molecular weight excluding hydrogens is 357 g/mol. The summed E-state index contributed by atoms with van der Waals surface area (Å²) in [4.78, 5) is 17.7. The van der Waals surface area contributed by atoms with Crippen LogP contribution in [0.15, 0.2) is 18.5 Å². The Kier molecular flexibility index (Phi) is 5.19. The van der Waals surface area contributed by atoms with E-state index in [0.717, 1.165) is 23.8 Å². The number of aromatic nitrogens is 2. The number of nitrogens with zero attached hydrogens (tertiary/aromatic N) is 3. The molecule has 0 aliphatic rings. The van der Waals surface area contributed by atoms with E-state index in [1.54, 1.807) is 6.92 Å². The zero-order chi connectivity index (χ0) is 18.1. The van der Waals surface area contributed by atoms with Crippen LogP contribution in [0.1, 0.15) is 12.1 Å². The van der Waals surface area contributed by atoms with Crippen LogP contribution in [0.25, 0.3) is 10.6 Å². The van der Waals surface area contributed by atoms with Crippen molar-refractivity contribution in [3.63, 3.8) is 0 Å². The van der Waals surface area contributed by atoms with Crippen LogP contribution in [0.2, 0.25) is 0 Å². The lowest BCUT2D eigenvalue weighted by Crippen LogP contribution is -2.27. The van der Waals surface area contributed by atoms with Gasteiger partial charge in [-0.05, 0) is 13.0 Å². The average molecular weight is 373 g/mol. The summed E-state index contributed by atoms with van der Waals surface area (Å²) in [6.45, 7) is 1.68. The third-order valence-electron chi connectivity index (χ3n) is 3.19. The molecule has 1 amide bonds. The van der Waals surface area contributed by atoms with Crippen molar-refractivity contribution in [1.29, 1.82) is 0 Å². The molecule has 0 atom stereocenters. The summed E-state index contributed by atoms with van der Waals surface area (Å²) < 4.78 is 36.0. The highest BCUT2D eigenvalue weighted by Crippen LogP contribution is 2.33. The van der Waals surface area contributed by atoms with E-state index in [2.05, 4.69) is 4.98 Å². The highest BCUT2D eigenvalue weighted by atomic mass is 32.2. The smallest absolute Gasteiger partial charge is 0.228 e. The first kappa shape index (κ1) is 18.3. The molecule has 0 aromatic carbocycles. The SMILES string of the molecule is Cc1nc(-c2cc(F)c[n+]([O-])c2)sc1N(C)C(=O)CCS(C)(=O)=O. The number of carbonyl (C=O) groups is 1. The number of carbonyl (C=O) groups excluding carboxylic acids is 1. The predicted octanol–water partition coefficient (Wildman–Crippen LogP) is 1.29. The van der Waals surface area contributed by atoms with E-state index in [1.807, 2.05) is 0 Å². The minimum atomic E-state index is -3.23. The lowest BCUT2D eigenvalue weighted by Gasteiger charge is -2.15. The Labute approximate surface area is 142 Å². The largest absolute Gasteiger partial charge is 0.619 e. The summed E-state index contributed by atoms with van der Waals surface area (Å²) in [5.74, 6) is -1.28. The lowest BCUT2D eigenvalue weighted by atomic mass is 10.3. The fraction of sp³-hybridized carbons (Fsp3) is 0.357. The Morgan fingerprint density at radius 1 is 1.46 bits per heavy atom. The first-order valence-electron chi connectivity index (χ1n) is 6.88. The molecular formula is C14H16FN3O4S2. The second-order valence-electron chi connectivity index (χ2n) is 5.34. The number of anilines is 1. The van der Waals surface area contributed by atoms with Crippen molar-refractivity contribution < 1.29 is 22.3 Å². The molecule has 0 unspecified atom stereocenters. The standard InChI is InChI=1S/C14H16FN3O4S2/c1-9-14(17(2)12(19)4-5-24(3,21)22)23-13(16-9)10-6-11(15)8-18(20)7-10/h6-8H,4-5H2,1-3H3. The van der Waals surface area contributed by atoms with E-state index in [0.29, 0.717) is 26.0 Å². The van der Waals surface area contributed by atoms with Gasteiger partial charge in [0, 0.05) is 19.7 Å². The van der Waals surface area contributed by atoms with Crippen molar-refractivity contribution in [3.8, 4) is 10.6 Å². The van der Waals surface area contributed by atoms with Gasteiger partial charge in [-0.2, -0.15) is 4.73 Å². The molecule has 0 spiro atoms. The van der Waals surface area contributed by atoms with E-state index in [9.17, 15) is 22.8 Å². The Hall–Kier alpha value is -2.07. The summed E-state index contributed by atoms with van der Waals surface area (Å²) in [5, 5.41) is 12.2. The van der Waals surface area contributed by atoms with Gasteiger partial charge < -0.3 is 10.1 Å². The molecule has 2 heterocycles. The molecule has 24 heavy (non-hydrogen) atoms. The van der Waals surface area contributed by atoms with Crippen LogP contribution < -0.4 is 9.63 Å². The van der Waals surface area contributed by atoms with Gasteiger partial charge in [0.25, 0.3) is 0 Å². The Balaban J connectivity index is 2.26. The van der Waals surface area contributed by atoms with E-state index in [4.69, 9.17) is 0 Å². The number of amides is 1. The van der Waals surface area contributed by atoms with Gasteiger partial charge in [-0.3, -0.25) is 4.79 Å². The van der Waals surface area contributed by atoms with Crippen molar-refractivity contribution in [2.75, 3.05) is 24.0 Å². The molecule has 2 rings (SSSR count). The summed E-state index contributed by atoms with van der Waals surface area (Å²) >= 11 is 1.13. The number of halogens is 1. The van der Waals surface area contributed by atoms with E-state index >= 15 is 0 Å². The molecule has 0 N–H and O–H groups in total. The quantitative estimate of drug-likeness (QED) is 0.581. The Bertz CT molecular complexity index is 860. The monoisotopic (exact) mass is 373 g/mol. The van der Waals surface area contributed by atoms with Gasteiger partial charge in [0.15, 0.2) is 12.0 Å². The number of sulfone groups is 1. The number of hydrogen-bond donors (Lipinski definition) is 0. The summed E-state index contributed by atoms with van der Waals surface area (Å²) in [6.07, 6.45) is 2.92. The minimum Gasteiger partial charge on any atom is -0.619 e. The molecule has 7 nitrogen and oxygen atoms in total. The van der Waals surface area contributed by atoms with Crippen LogP contribution in [-0.4, -0.2) is 38.4 Å². The van der Waals surface area contributed by atoms with E-state index < -0.39 is 15.7 Å². The normalized spacial score (nSPS) is 11.5. The van der Waals surface area contributed by atoms with Gasteiger partial charge in [0.2, 0.25) is 12.1 Å². The summed E-state index contributed by atoms with van der Waals surface area (Å²) in [7, 11) is -1.71. The molecule has 10 heteroatoms. The van der Waals surface area contributed by atoms with Crippen molar-refractivity contribution >= 4 is 32.1 Å². The van der Waals surface area contributed by atoms with Crippen LogP contribution in [0.5, 0.6) is 0 Å². The zero-order valence-electron chi connectivity index (χ0n) is 13.3. The molecule has 0 aliphatic carbocycles. The van der Waals surface area contributed by atoms with Crippen LogP contribution in [0.4, 0.5) is 9.39 Å². The topological polar surface area (TPSA) is 94.3 Å². The Morgan fingerprint density at radius 2 is 2.12 bits per heavy atom. The fourth-order valence-corrected chi connectivity index (χ4v) is 3.59. The van der Waals surface area contributed by atoms with Gasteiger partial charge >= 0.3 is 0 Å². The third-order valence-corrected chi connectivity index (χ3v) is 5.42. The maximum atomic E-state index is 13.4. The van der Waals surface area contributed by atoms with Gasteiger partial charge in [-0.25, -0.2) is 17.8 Å². The predicted molar refractivity (Wildman–Crippen MR) is 88.9 cm³/mol. The lowest BCUT2D eigenvalue weighted by molar-refractivity contribution is -0.606. The maximum Gasteiger partial charge on any atom is 0.228 e. The fourth-order valence-electron chi connectivity index (χ4n) is 2.01. The third kappa shape index (κ3) is 4.48. The summed E-state index contributed by atoms with van der Waals surface area (Å²) in [6, 6.07) is 1.18. The first-order chi connectivity index (χ1) is 11.1. The van der Waals surface area contributed by atoms with Gasteiger partial charge in [-0.15, -0.1) is 0 Å². The van der Waals surface area contributed by atoms with Crippen LogP contribution in [0.3, 0.4) is 0 Å². The van der Waals surface area contributed by atoms with Crippen LogP contribution in [-0.2, 0) is 14.6 Å². The molecule has 2 aromatic heterocycles. The zero-order valence-corrected chi connectivity index (χ0v) is 14.9. The number of pyridine rings is 1. The Morgan fingerprint density at radius 3 is 2.71 bits per heavy atom. The molecule has 0 bridgehead atoms. The number of hydrogen-bond acceptors (Lipinski definition) is 6. The van der Waals surface area contributed by atoms with Crippen molar-refractivity contribution in [2.24, 2.45) is 0 Å². The van der Waals surface area contributed by atoms with Gasteiger partial charge in [0.05, 0.1) is 17.0 Å². The van der Waals surface area contributed by atoms with Crippen LogP contribution in [0, 0.1) is 17.9 Å². The number of thiazole rings is 1. The molecule has 0 radical (unpaired) electrons. The second-order valence-corrected chi connectivity index (χ2v) is 8.58. The number of aryl methyl sites for hydroxylation is 1.